The number of hydrogen-bond acceptors (Lipinski definition) is 4. The molecule has 1 aliphatic rings. The monoisotopic (exact) mass is 471 g/mol. The predicted molar refractivity (Wildman–Crippen MR) is 123 cm³/mol. The summed E-state index contributed by atoms with van der Waals surface area (Å²) in [6.07, 6.45) is -0.348. The van der Waals surface area contributed by atoms with Gasteiger partial charge in [-0.1, -0.05) is 42.5 Å². The van der Waals surface area contributed by atoms with E-state index in [9.17, 15) is 23.4 Å². The van der Waals surface area contributed by atoms with Crippen LogP contribution in [-0.4, -0.2) is 34.2 Å². The van der Waals surface area contributed by atoms with Gasteiger partial charge in [0.25, 0.3) is 0 Å². The standard InChI is InChI=1S/C27H28F3NO3/c1-18(31-13-11-27(33,12-14-31)21-7-9-22(28)10-8-21)25(32)20-15-23(29)26(24(30)16-20)34-17-19-5-3-2-4-6-19/h2-10,15-16,18,25,32-33H,11-14,17H2,1H3/t18-,25?/m1/s1. The first-order valence-corrected chi connectivity index (χ1v) is 11.3. The number of aliphatic hydroxyl groups is 2. The highest BCUT2D eigenvalue weighted by molar-refractivity contribution is 5.33. The Morgan fingerprint density at radius 2 is 1.53 bits per heavy atom. The average molecular weight is 472 g/mol. The van der Waals surface area contributed by atoms with Gasteiger partial charge in [0.05, 0.1) is 11.7 Å². The molecule has 3 aromatic rings. The SMILES string of the molecule is C[C@H](C(O)c1cc(F)c(OCc2ccccc2)c(F)c1)N1CCC(O)(c2ccc(F)cc2)CC1. The maximum atomic E-state index is 14.6. The fraction of sp³-hybridized carbons (Fsp3) is 0.333. The van der Waals surface area contributed by atoms with Crippen LogP contribution in [0.1, 0.15) is 42.6 Å². The minimum Gasteiger partial charge on any atom is -0.483 e. The van der Waals surface area contributed by atoms with E-state index in [0.29, 0.717) is 31.5 Å². The molecule has 4 rings (SSSR count). The molecule has 0 saturated carbocycles. The first-order valence-electron chi connectivity index (χ1n) is 11.3. The van der Waals surface area contributed by atoms with E-state index in [4.69, 9.17) is 4.74 Å². The van der Waals surface area contributed by atoms with E-state index in [2.05, 4.69) is 0 Å². The Balaban J connectivity index is 1.40. The molecule has 7 heteroatoms. The van der Waals surface area contributed by atoms with Crippen LogP contribution in [0.5, 0.6) is 5.75 Å². The summed E-state index contributed by atoms with van der Waals surface area (Å²) in [5.74, 6) is -2.59. The molecule has 2 atom stereocenters. The lowest BCUT2D eigenvalue weighted by Gasteiger charge is -2.42. The molecular formula is C27H28F3NO3. The summed E-state index contributed by atoms with van der Waals surface area (Å²) >= 11 is 0. The van der Waals surface area contributed by atoms with E-state index in [0.717, 1.165) is 17.7 Å². The molecule has 1 saturated heterocycles. The van der Waals surface area contributed by atoms with Crippen molar-refractivity contribution < 1.29 is 28.1 Å². The highest BCUT2D eigenvalue weighted by atomic mass is 19.1. The zero-order chi connectivity index (χ0) is 24.3. The van der Waals surface area contributed by atoms with Crippen LogP contribution in [0, 0.1) is 17.5 Å². The van der Waals surface area contributed by atoms with Crippen molar-refractivity contribution in [2.45, 2.75) is 44.1 Å². The molecule has 1 aliphatic heterocycles. The average Bonchev–Trinajstić information content (AvgIpc) is 2.84. The lowest BCUT2D eigenvalue weighted by Crippen LogP contribution is -2.47. The molecule has 180 valence electrons. The van der Waals surface area contributed by atoms with Gasteiger partial charge >= 0.3 is 0 Å². The van der Waals surface area contributed by atoms with Crippen LogP contribution in [0.4, 0.5) is 13.2 Å². The van der Waals surface area contributed by atoms with Crippen LogP contribution in [0.2, 0.25) is 0 Å². The number of hydrogen-bond donors (Lipinski definition) is 2. The van der Waals surface area contributed by atoms with Crippen LogP contribution in [0.15, 0.2) is 66.7 Å². The number of rotatable bonds is 7. The zero-order valence-corrected chi connectivity index (χ0v) is 18.9. The number of halogens is 3. The molecule has 0 aliphatic carbocycles. The number of ether oxygens (including phenoxy) is 1. The maximum Gasteiger partial charge on any atom is 0.191 e. The summed E-state index contributed by atoms with van der Waals surface area (Å²) in [5.41, 5.74) is 0.473. The minimum absolute atomic E-state index is 0.0255. The van der Waals surface area contributed by atoms with Crippen molar-refractivity contribution in [2.75, 3.05) is 13.1 Å². The summed E-state index contributed by atoms with van der Waals surface area (Å²) in [4.78, 5) is 1.97. The highest BCUT2D eigenvalue weighted by Gasteiger charge is 2.37. The Labute approximate surface area is 197 Å². The van der Waals surface area contributed by atoms with Crippen LogP contribution >= 0.6 is 0 Å². The summed E-state index contributed by atoms with van der Waals surface area (Å²) < 4.78 is 47.9. The summed E-state index contributed by atoms with van der Waals surface area (Å²) in [7, 11) is 0. The number of aliphatic hydroxyl groups excluding tert-OH is 1. The van der Waals surface area contributed by atoms with E-state index in [1.165, 1.54) is 12.1 Å². The van der Waals surface area contributed by atoms with E-state index in [-0.39, 0.29) is 18.0 Å². The maximum absolute atomic E-state index is 14.6. The van der Waals surface area contributed by atoms with Crippen LogP contribution in [0.25, 0.3) is 0 Å². The topological polar surface area (TPSA) is 52.9 Å². The van der Waals surface area contributed by atoms with Crippen molar-refractivity contribution in [1.82, 2.24) is 4.90 Å². The van der Waals surface area contributed by atoms with Gasteiger partial charge in [-0.2, -0.15) is 0 Å². The van der Waals surface area contributed by atoms with Gasteiger partial charge in [-0.25, -0.2) is 13.2 Å². The molecule has 1 heterocycles. The number of likely N-dealkylation sites (tertiary alicyclic amines) is 1. The van der Waals surface area contributed by atoms with Crippen molar-refractivity contribution in [1.29, 1.82) is 0 Å². The van der Waals surface area contributed by atoms with Gasteiger partial charge in [-0.05, 0) is 60.7 Å². The van der Waals surface area contributed by atoms with Gasteiger partial charge in [0.1, 0.15) is 12.4 Å². The second-order valence-corrected chi connectivity index (χ2v) is 8.85. The summed E-state index contributed by atoms with van der Waals surface area (Å²) in [5, 5.41) is 21.8. The van der Waals surface area contributed by atoms with Gasteiger partial charge in [0.2, 0.25) is 0 Å². The highest BCUT2D eigenvalue weighted by Crippen LogP contribution is 2.36. The Morgan fingerprint density at radius 1 is 0.941 bits per heavy atom. The normalized spacial score (nSPS) is 17.8. The molecule has 34 heavy (non-hydrogen) atoms. The fourth-order valence-electron chi connectivity index (χ4n) is 4.45. The van der Waals surface area contributed by atoms with Gasteiger partial charge < -0.3 is 14.9 Å². The van der Waals surface area contributed by atoms with Crippen LogP contribution in [-0.2, 0) is 12.2 Å². The Hall–Kier alpha value is -2.87. The second kappa shape index (κ2) is 10.2. The van der Waals surface area contributed by atoms with E-state index >= 15 is 0 Å². The molecule has 0 spiro atoms. The molecule has 2 N–H and O–H groups in total. The van der Waals surface area contributed by atoms with Crippen molar-refractivity contribution in [3.63, 3.8) is 0 Å². The quantitative estimate of drug-likeness (QED) is 0.504. The van der Waals surface area contributed by atoms with Crippen molar-refractivity contribution in [3.05, 3.63) is 101 Å². The third-order valence-electron chi connectivity index (χ3n) is 6.63. The van der Waals surface area contributed by atoms with Crippen molar-refractivity contribution in [2.24, 2.45) is 0 Å². The predicted octanol–water partition coefficient (Wildman–Crippen LogP) is 5.09. The van der Waals surface area contributed by atoms with Crippen molar-refractivity contribution in [3.8, 4) is 5.75 Å². The van der Waals surface area contributed by atoms with E-state index in [1.54, 1.807) is 31.2 Å². The number of nitrogens with zero attached hydrogens (tertiary/aromatic N) is 1. The number of benzene rings is 3. The molecular weight excluding hydrogens is 443 g/mol. The Kier molecular flexibility index (Phi) is 7.26. The zero-order valence-electron chi connectivity index (χ0n) is 18.9. The minimum atomic E-state index is -1.14. The lowest BCUT2D eigenvalue weighted by atomic mass is 9.83. The fourth-order valence-corrected chi connectivity index (χ4v) is 4.45. The first kappa shape index (κ1) is 24.3. The lowest BCUT2D eigenvalue weighted by molar-refractivity contribution is -0.0502. The molecule has 4 nitrogen and oxygen atoms in total. The second-order valence-electron chi connectivity index (χ2n) is 8.85. The Morgan fingerprint density at radius 3 is 2.12 bits per heavy atom. The molecule has 0 aromatic heterocycles. The van der Waals surface area contributed by atoms with Gasteiger partial charge in [0.15, 0.2) is 17.4 Å². The smallest absolute Gasteiger partial charge is 0.191 e. The van der Waals surface area contributed by atoms with Crippen LogP contribution < -0.4 is 4.74 Å². The summed E-state index contributed by atoms with van der Waals surface area (Å²) in [6, 6.07) is 16.6. The third-order valence-corrected chi connectivity index (χ3v) is 6.63. The molecule has 1 fully saturated rings. The third kappa shape index (κ3) is 5.27. The van der Waals surface area contributed by atoms with Crippen LogP contribution in [0.3, 0.4) is 0 Å². The molecule has 0 radical (unpaired) electrons. The van der Waals surface area contributed by atoms with Gasteiger partial charge in [-0.15, -0.1) is 0 Å². The van der Waals surface area contributed by atoms with Gasteiger partial charge in [-0.3, -0.25) is 4.90 Å². The van der Waals surface area contributed by atoms with E-state index < -0.39 is 35.1 Å². The molecule has 0 bridgehead atoms. The molecule has 3 aromatic carbocycles. The van der Waals surface area contributed by atoms with Crippen molar-refractivity contribution >= 4 is 0 Å². The number of piperidine rings is 1. The summed E-state index contributed by atoms with van der Waals surface area (Å²) in [6.45, 7) is 2.74. The first-order chi connectivity index (χ1) is 16.3. The molecule has 1 unspecified atom stereocenters. The molecule has 0 amide bonds. The largest absolute Gasteiger partial charge is 0.483 e. The Bertz CT molecular complexity index is 1080. The van der Waals surface area contributed by atoms with Gasteiger partial charge in [0, 0.05) is 19.1 Å². The van der Waals surface area contributed by atoms with E-state index in [1.807, 2.05) is 23.1 Å².